The van der Waals surface area contributed by atoms with Gasteiger partial charge >= 0.3 is 6.03 Å². The zero-order chi connectivity index (χ0) is 15.7. The predicted molar refractivity (Wildman–Crippen MR) is 82.1 cm³/mol. The predicted octanol–water partition coefficient (Wildman–Crippen LogP) is 2.93. The Bertz CT molecular complexity index is 589. The van der Waals surface area contributed by atoms with E-state index in [-0.39, 0.29) is 18.5 Å². The third kappa shape index (κ3) is 2.94. The fraction of sp³-hybridized carbons (Fsp3) is 0.429. The Morgan fingerprint density at radius 2 is 2.05 bits per heavy atom. The molecule has 22 heavy (non-hydrogen) atoms. The van der Waals surface area contributed by atoms with Gasteiger partial charge in [0, 0.05) is 10.6 Å². The zero-order valence-corrected chi connectivity index (χ0v) is 13.2. The lowest BCUT2D eigenvalue weighted by atomic mass is 9.99. The number of hydrogen-bond acceptors (Lipinski definition) is 4. The average molecular weight is 344 g/mol. The summed E-state index contributed by atoms with van der Waals surface area (Å²) in [6.07, 6.45) is 0.655. The van der Waals surface area contributed by atoms with Crippen molar-refractivity contribution >= 4 is 35.5 Å². The molecule has 0 aromatic heterocycles. The molecule has 0 radical (unpaired) electrons. The molecule has 2 aliphatic heterocycles. The van der Waals surface area contributed by atoms with E-state index in [0.29, 0.717) is 28.8 Å². The average Bonchev–Trinajstić information content (AvgIpc) is 3.02. The Labute approximate surface area is 135 Å². The minimum absolute atomic E-state index is 0.163. The van der Waals surface area contributed by atoms with Gasteiger partial charge in [-0.15, -0.1) is 0 Å². The Balaban J connectivity index is 1.70. The third-order valence-electron chi connectivity index (χ3n) is 3.76. The summed E-state index contributed by atoms with van der Waals surface area (Å²) in [5.41, 5.74) is -0.00227. The number of imide groups is 1. The topological polar surface area (TPSA) is 49.4 Å². The second-order valence-corrected chi connectivity index (χ2v) is 7.40. The quantitative estimate of drug-likeness (QED) is 0.674. The summed E-state index contributed by atoms with van der Waals surface area (Å²) in [5, 5.41) is 2.80. The molecule has 0 aliphatic carbocycles. The van der Waals surface area contributed by atoms with E-state index in [1.54, 1.807) is 36.0 Å². The fourth-order valence-corrected chi connectivity index (χ4v) is 4.44. The van der Waals surface area contributed by atoms with E-state index in [4.69, 9.17) is 0 Å². The van der Waals surface area contributed by atoms with Crippen molar-refractivity contribution < 1.29 is 18.4 Å². The number of halogens is 2. The van der Waals surface area contributed by atoms with Crippen molar-refractivity contribution in [2.24, 2.45) is 0 Å². The summed E-state index contributed by atoms with van der Waals surface area (Å²) in [6, 6.07) is 6.11. The van der Waals surface area contributed by atoms with Crippen LogP contribution >= 0.6 is 23.5 Å². The number of nitrogens with one attached hydrogen (secondary N) is 1. The summed E-state index contributed by atoms with van der Waals surface area (Å²) < 4.78 is 24.6. The lowest BCUT2D eigenvalue weighted by Crippen LogP contribution is -2.46. The molecule has 3 rings (SSSR count). The molecular formula is C14H14F2N2O2S2. The van der Waals surface area contributed by atoms with Gasteiger partial charge in [-0.3, -0.25) is 9.69 Å². The number of amides is 3. The van der Waals surface area contributed by atoms with Crippen LogP contribution in [0.2, 0.25) is 0 Å². The number of carbonyl (C=O) groups excluding carboxylic acids is 2. The van der Waals surface area contributed by atoms with Crippen LogP contribution in [0.1, 0.15) is 12.0 Å². The van der Waals surface area contributed by atoms with Crippen LogP contribution in [-0.4, -0.2) is 39.6 Å². The van der Waals surface area contributed by atoms with E-state index in [1.165, 1.54) is 4.90 Å². The smallest absolute Gasteiger partial charge is 0.322 e. The molecule has 1 unspecified atom stereocenters. The minimum Gasteiger partial charge on any atom is -0.322 e. The summed E-state index contributed by atoms with van der Waals surface area (Å²) in [5.74, 6) is -1.18. The zero-order valence-electron chi connectivity index (χ0n) is 11.6. The highest BCUT2D eigenvalue weighted by atomic mass is 32.2. The Morgan fingerprint density at radius 1 is 1.32 bits per heavy atom. The second-order valence-electron chi connectivity index (χ2n) is 5.23. The number of alkyl halides is 2. The van der Waals surface area contributed by atoms with Crippen LogP contribution in [-0.2, 0) is 11.3 Å². The van der Waals surface area contributed by atoms with Crippen molar-refractivity contribution in [3.05, 3.63) is 29.8 Å². The monoisotopic (exact) mass is 344 g/mol. The molecule has 2 aliphatic rings. The highest BCUT2D eigenvalue weighted by Gasteiger charge is 2.52. The molecule has 3 amide bonds. The van der Waals surface area contributed by atoms with Crippen molar-refractivity contribution in [2.45, 2.75) is 29.2 Å². The number of carbonyl (C=O) groups is 2. The number of urea groups is 1. The van der Waals surface area contributed by atoms with Crippen LogP contribution in [0.3, 0.4) is 0 Å². The lowest BCUT2D eigenvalue weighted by molar-refractivity contribution is -0.130. The second kappa shape index (κ2) is 6.08. The number of thioether (sulfide) groups is 2. The molecule has 4 nitrogen and oxygen atoms in total. The first kappa shape index (κ1) is 15.6. The van der Waals surface area contributed by atoms with Gasteiger partial charge in [0.25, 0.3) is 11.7 Å². The lowest BCUT2D eigenvalue weighted by Gasteiger charge is -2.19. The first-order valence-electron chi connectivity index (χ1n) is 6.76. The van der Waals surface area contributed by atoms with Crippen molar-refractivity contribution in [2.75, 3.05) is 11.5 Å². The molecule has 2 saturated heterocycles. The molecule has 1 aromatic rings. The summed E-state index contributed by atoms with van der Waals surface area (Å²) in [4.78, 5) is 26.2. The number of nitrogens with zero attached hydrogens (tertiary/aromatic N) is 1. The van der Waals surface area contributed by atoms with Crippen molar-refractivity contribution in [3.8, 4) is 0 Å². The van der Waals surface area contributed by atoms with Gasteiger partial charge in [-0.25, -0.2) is 4.79 Å². The van der Waals surface area contributed by atoms with Crippen molar-refractivity contribution in [1.82, 2.24) is 10.2 Å². The van der Waals surface area contributed by atoms with Gasteiger partial charge in [0.05, 0.1) is 6.54 Å². The Morgan fingerprint density at radius 3 is 2.64 bits per heavy atom. The van der Waals surface area contributed by atoms with Crippen LogP contribution in [0.4, 0.5) is 13.6 Å². The van der Waals surface area contributed by atoms with Crippen LogP contribution in [0.5, 0.6) is 0 Å². The van der Waals surface area contributed by atoms with Crippen molar-refractivity contribution in [3.63, 3.8) is 0 Å². The van der Waals surface area contributed by atoms with Gasteiger partial charge in [0.1, 0.15) is 5.54 Å². The standard InChI is InChI=1S/C14H14F2N2O2S2/c15-12(16)22-10-3-1-9(2-4-10)7-18-11(19)14(17-13(18)20)5-6-21-8-14/h1-4,12H,5-8H2,(H,17,20). The maximum atomic E-state index is 12.5. The first-order chi connectivity index (χ1) is 10.5. The van der Waals surface area contributed by atoms with E-state index in [0.717, 1.165) is 11.3 Å². The normalized spacial score (nSPS) is 24.6. The molecule has 1 spiro atoms. The van der Waals surface area contributed by atoms with E-state index in [9.17, 15) is 18.4 Å². The Kier molecular flexibility index (Phi) is 4.31. The van der Waals surface area contributed by atoms with E-state index < -0.39 is 11.3 Å². The maximum absolute atomic E-state index is 12.5. The fourth-order valence-electron chi connectivity index (χ4n) is 2.61. The van der Waals surface area contributed by atoms with Gasteiger partial charge < -0.3 is 5.32 Å². The van der Waals surface area contributed by atoms with E-state index in [2.05, 4.69) is 5.32 Å². The largest absolute Gasteiger partial charge is 0.325 e. The summed E-state index contributed by atoms with van der Waals surface area (Å²) >= 11 is 2.13. The molecule has 0 bridgehead atoms. The number of hydrogen-bond donors (Lipinski definition) is 1. The maximum Gasteiger partial charge on any atom is 0.325 e. The van der Waals surface area contributed by atoms with Crippen LogP contribution in [0.15, 0.2) is 29.2 Å². The van der Waals surface area contributed by atoms with Crippen LogP contribution in [0.25, 0.3) is 0 Å². The molecule has 1 N–H and O–H groups in total. The number of rotatable bonds is 4. The highest BCUT2D eigenvalue weighted by molar-refractivity contribution is 7.99. The molecular weight excluding hydrogens is 330 g/mol. The molecule has 2 fully saturated rings. The Hall–Kier alpha value is -1.28. The third-order valence-corrected chi connectivity index (χ3v) is 5.67. The van der Waals surface area contributed by atoms with Crippen LogP contribution < -0.4 is 5.32 Å². The number of benzene rings is 1. The van der Waals surface area contributed by atoms with Gasteiger partial charge in [0.2, 0.25) is 0 Å². The molecule has 1 aromatic carbocycles. The first-order valence-corrected chi connectivity index (χ1v) is 8.79. The van der Waals surface area contributed by atoms with Crippen molar-refractivity contribution in [1.29, 1.82) is 0 Å². The van der Waals surface area contributed by atoms with Crippen LogP contribution in [0, 0.1) is 0 Å². The highest BCUT2D eigenvalue weighted by Crippen LogP contribution is 2.34. The van der Waals surface area contributed by atoms with Gasteiger partial charge in [-0.05, 0) is 29.9 Å². The molecule has 2 heterocycles. The molecule has 118 valence electrons. The summed E-state index contributed by atoms with van der Waals surface area (Å²) in [7, 11) is 0. The molecule has 1 atom stereocenters. The van der Waals surface area contributed by atoms with E-state index >= 15 is 0 Å². The minimum atomic E-state index is -2.46. The SMILES string of the molecule is O=C1NC2(CCSC2)C(=O)N1Cc1ccc(SC(F)F)cc1. The van der Waals surface area contributed by atoms with Gasteiger partial charge in [-0.2, -0.15) is 20.5 Å². The summed E-state index contributed by atoms with van der Waals surface area (Å²) in [6.45, 7) is 0.163. The van der Waals surface area contributed by atoms with Gasteiger partial charge in [-0.1, -0.05) is 23.9 Å². The van der Waals surface area contributed by atoms with Gasteiger partial charge in [0.15, 0.2) is 0 Å². The molecule has 8 heteroatoms. The van der Waals surface area contributed by atoms with E-state index in [1.807, 2.05) is 0 Å². The molecule has 0 saturated carbocycles.